The SMILES string of the molecule is COC(CO)C(O)[C@](C)(F)[C@@H](C)n1ccc(=O)[nH]c1=O. The molecule has 1 rings (SSSR count). The van der Waals surface area contributed by atoms with Crippen LogP contribution in [-0.4, -0.2) is 51.4 Å². The van der Waals surface area contributed by atoms with Gasteiger partial charge in [0.25, 0.3) is 5.56 Å². The second-order valence-corrected chi connectivity index (χ2v) is 4.75. The van der Waals surface area contributed by atoms with Crippen molar-refractivity contribution >= 4 is 0 Å². The fourth-order valence-corrected chi connectivity index (χ4v) is 1.92. The lowest BCUT2D eigenvalue weighted by atomic mass is 9.89. The first-order chi connectivity index (χ1) is 9.25. The van der Waals surface area contributed by atoms with Crippen LogP contribution in [0, 0.1) is 0 Å². The zero-order chi connectivity index (χ0) is 15.5. The van der Waals surface area contributed by atoms with Gasteiger partial charge in [-0.3, -0.25) is 14.3 Å². The van der Waals surface area contributed by atoms with Gasteiger partial charge in [0.1, 0.15) is 12.2 Å². The van der Waals surface area contributed by atoms with E-state index in [-0.39, 0.29) is 0 Å². The molecule has 0 amide bonds. The largest absolute Gasteiger partial charge is 0.394 e. The summed E-state index contributed by atoms with van der Waals surface area (Å²) in [6.07, 6.45) is -1.62. The van der Waals surface area contributed by atoms with Crippen LogP contribution in [0.5, 0.6) is 0 Å². The first-order valence-electron chi connectivity index (χ1n) is 6.07. The van der Waals surface area contributed by atoms with Gasteiger partial charge in [0.15, 0.2) is 5.67 Å². The number of alkyl halides is 1. The molecule has 0 radical (unpaired) electrons. The lowest BCUT2D eigenvalue weighted by Gasteiger charge is -2.36. The van der Waals surface area contributed by atoms with E-state index in [4.69, 9.17) is 9.84 Å². The van der Waals surface area contributed by atoms with E-state index >= 15 is 0 Å². The first-order valence-corrected chi connectivity index (χ1v) is 6.07. The quantitative estimate of drug-likeness (QED) is 0.636. The van der Waals surface area contributed by atoms with Gasteiger partial charge in [-0.25, -0.2) is 9.18 Å². The second-order valence-electron chi connectivity index (χ2n) is 4.75. The normalized spacial score (nSPS) is 19.1. The summed E-state index contributed by atoms with van der Waals surface area (Å²) >= 11 is 0. The van der Waals surface area contributed by atoms with Crippen molar-refractivity contribution in [1.29, 1.82) is 0 Å². The van der Waals surface area contributed by atoms with E-state index in [1.165, 1.54) is 14.0 Å². The van der Waals surface area contributed by atoms with E-state index in [1.54, 1.807) is 0 Å². The lowest BCUT2D eigenvalue weighted by molar-refractivity contribution is -0.120. The lowest BCUT2D eigenvalue weighted by Crippen LogP contribution is -2.52. The molecule has 3 N–H and O–H groups in total. The molecule has 20 heavy (non-hydrogen) atoms. The summed E-state index contributed by atoms with van der Waals surface area (Å²) in [5.74, 6) is 0. The van der Waals surface area contributed by atoms with Crippen molar-refractivity contribution in [2.45, 2.75) is 37.8 Å². The zero-order valence-corrected chi connectivity index (χ0v) is 11.5. The Morgan fingerprint density at radius 3 is 2.60 bits per heavy atom. The number of H-pyrrole nitrogens is 1. The number of aliphatic hydroxyl groups is 2. The third-order valence-electron chi connectivity index (χ3n) is 3.50. The van der Waals surface area contributed by atoms with Crippen molar-refractivity contribution in [2.75, 3.05) is 13.7 Å². The minimum atomic E-state index is -2.26. The van der Waals surface area contributed by atoms with Gasteiger partial charge >= 0.3 is 5.69 Å². The molecule has 0 saturated carbocycles. The van der Waals surface area contributed by atoms with Gasteiger partial charge in [-0.2, -0.15) is 0 Å². The van der Waals surface area contributed by atoms with Gasteiger partial charge in [0, 0.05) is 19.4 Å². The predicted molar refractivity (Wildman–Crippen MR) is 69.4 cm³/mol. The van der Waals surface area contributed by atoms with Gasteiger partial charge in [-0.1, -0.05) is 0 Å². The van der Waals surface area contributed by atoms with Crippen LogP contribution in [0.1, 0.15) is 19.9 Å². The zero-order valence-electron chi connectivity index (χ0n) is 11.5. The Morgan fingerprint density at radius 2 is 2.15 bits per heavy atom. The number of hydrogen-bond acceptors (Lipinski definition) is 5. The van der Waals surface area contributed by atoms with Crippen LogP contribution in [-0.2, 0) is 4.74 Å². The van der Waals surface area contributed by atoms with E-state index in [9.17, 15) is 19.1 Å². The standard InChI is InChI=1S/C12H19FN2O5/c1-7(15-5-4-9(17)14-11(15)19)12(2,13)10(18)8(6-16)20-3/h4-5,7-8,10,16,18H,6H2,1-3H3,(H,14,17,19)/t7-,8?,10?,12-/m1/s1. The monoisotopic (exact) mass is 290 g/mol. The van der Waals surface area contributed by atoms with Crippen molar-refractivity contribution in [3.05, 3.63) is 33.1 Å². The highest BCUT2D eigenvalue weighted by Crippen LogP contribution is 2.31. The molecule has 2 unspecified atom stereocenters. The highest BCUT2D eigenvalue weighted by atomic mass is 19.1. The van der Waals surface area contributed by atoms with Crippen molar-refractivity contribution < 1.29 is 19.3 Å². The van der Waals surface area contributed by atoms with Crippen LogP contribution >= 0.6 is 0 Å². The minimum Gasteiger partial charge on any atom is -0.394 e. The number of ether oxygens (including phenoxy) is 1. The molecule has 1 heterocycles. The molecule has 8 heteroatoms. The molecule has 0 aliphatic rings. The van der Waals surface area contributed by atoms with Gasteiger partial charge in [0.2, 0.25) is 0 Å². The number of aliphatic hydroxyl groups excluding tert-OH is 2. The fourth-order valence-electron chi connectivity index (χ4n) is 1.92. The summed E-state index contributed by atoms with van der Waals surface area (Å²) in [5.41, 5.74) is -3.63. The summed E-state index contributed by atoms with van der Waals surface area (Å²) in [6, 6.07) is 0.00581. The first kappa shape index (κ1) is 16.5. The maximum absolute atomic E-state index is 14.8. The van der Waals surface area contributed by atoms with Crippen LogP contribution in [0.25, 0.3) is 0 Å². The third-order valence-corrected chi connectivity index (χ3v) is 3.50. The molecule has 1 aromatic heterocycles. The van der Waals surface area contributed by atoms with Gasteiger partial charge in [0.05, 0.1) is 12.6 Å². The molecule has 0 fully saturated rings. The summed E-state index contributed by atoms with van der Waals surface area (Å²) in [4.78, 5) is 24.6. The molecule has 0 aliphatic carbocycles. The molecule has 1 aromatic rings. The van der Waals surface area contributed by atoms with Crippen LogP contribution in [0.2, 0.25) is 0 Å². The smallest absolute Gasteiger partial charge is 0.328 e. The number of nitrogens with one attached hydrogen (secondary N) is 1. The second kappa shape index (κ2) is 6.29. The molecule has 0 saturated heterocycles. The van der Waals surface area contributed by atoms with Crippen LogP contribution in [0.3, 0.4) is 0 Å². The molecule has 0 aliphatic heterocycles. The Balaban J connectivity index is 3.13. The van der Waals surface area contributed by atoms with Gasteiger partial charge < -0.3 is 14.9 Å². The summed E-state index contributed by atoms with van der Waals surface area (Å²) < 4.78 is 20.5. The predicted octanol–water partition coefficient (Wildman–Crippen LogP) is -0.806. The Morgan fingerprint density at radius 1 is 1.55 bits per heavy atom. The number of rotatable bonds is 6. The average Bonchev–Trinajstić information content (AvgIpc) is 2.39. The average molecular weight is 290 g/mol. The maximum Gasteiger partial charge on any atom is 0.328 e. The molecule has 0 spiro atoms. The summed E-state index contributed by atoms with van der Waals surface area (Å²) in [6.45, 7) is 1.92. The molecule has 0 aromatic carbocycles. The van der Waals surface area contributed by atoms with E-state index < -0.39 is 41.8 Å². The Kier molecular flexibility index (Phi) is 5.21. The summed E-state index contributed by atoms with van der Waals surface area (Å²) in [7, 11) is 1.23. The van der Waals surface area contributed by atoms with Gasteiger partial charge in [-0.15, -0.1) is 0 Å². The van der Waals surface area contributed by atoms with Gasteiger partial charge in [-0.05, 0) is 13.8 Å². The van der Waals surface area contributed by atoms with Crippen molar-refractivity contribution in [1.82, 2.24) is 9.55 Å². The molecule has 7 nitrogen and oxygen atoms in total. The number of aromatic amines is 1. The molecular formula is C12H19FN2O5. The summed E-state index contributed by atoms with van der Waals surface area (Å²) in [5, 5.41) is 19.0. The number of nitrogens with zero attached hydrogens (tertiary/aromatic N) is 1. The van der Waals surface area contributed by atoms with Crippen molar-refractivity contribution in [3.63, 3.8) is 0 Å². The van der Waals surface area contributed by atoms with Crippen LogP contribution in [0.15, 0.2) is 21.9 Å². The van der Waals surface area contributed by atoms with Crippen molar-refractivity contribution in [3.8, 4) is 0 Å². The Bertz CT molecular complexity index is 549. The van der Waals surface area contributed by atoms with E-state index in [0.29, 0.717) is 0 Å². The van der Waals surface area contributed by atoms with E-state index in [2.05, 4.69) is 0 Å². The molecule has 114 valence electrons. The third kappa shape index (κ3) is 3.14. The molecule has 4 atom stereocenters. The van der Waals surface area contributed by atoms with Crippen LogP contribution in [0.4, 0.5) is 4.39 Å². The highest BCUT2D eigenvalue weighted by Gasteiger charge is 2.44. The van der Waals surface area contributed by atoms with E-state index in [1.807, 2.05) is 4.98 Å². The maximum atomic E-state index is 14.8. The van der Waals surface area contributed by atoms with Crippen molar-refractivity contribution in [2.24, 2.45) is 0 Å². The number of aromatic nitrogens is 2. The van der Waals surface area contributed by atoms with E-state index in [0.717, 1.165) is 23.8 Å². The number of halogens is 1. The Labute approximate surface area is 114 Å². The molecule has 0 bridgehead atoms. The topological polar surface area (TPSA) is 105 Å². The number of hydrogen-bond donors (Lipinski definition) is 3. The Hall–Kier alpha value is -1.51. The fraction of sp³-hybridized carbons (Fsp3) is 0.667. The minimum absolute atomic E-state index is 0.565. The highest BCUT2D eigenvalue weighted by molar-refractivity contribution is 4.97. The number of methoxy groups -OCH3 is 1. The molecular weight excluding hydrogens is 271 g/mol. The van der Waals surface area contributed by atoms with Crippen LogP contribution < -0.4 is 11.2 Å².